The molecule has 5 N–H and O–H groups in total. The Labute approximate surface area is 181 Å². The van der Waals surface area contributed by atoms with Gasteiger partial charge in [-0.1, -0.05) is 19.9 Å². The number of carbonyl (C=O) groups excluding carboxylic acids is 1. The second kappa shape index (κ2) is 12.0. The van der Waals surface area contributed by atoms with E-state index in [2.05, 4.69) is 10.6 Å². The van der Waals surface area contributed by atoms with E-state index < -0.39 is 30.6 Å². The van der Waals surface area contributed by atoms with Crippen LogP contribution in [0.2, 0.25) is 0 Å². The van der Waals surface area contributed by atoms with Crippen molar-refractivity contribution in [3.05, 3.63) is 29.3 Å². The van der Waals surface area contributed by atoms with Crippen molar-refractivity contribution in [2.45, 2.75) is 70.5 Å². The van der Waals surface area contributed by atoms with Crippen LogP contribution in [0, 0.1) is 0 Å². The first-order valence-electron chi connectivity index (χ1n) is 10.2. The molecule has 31 heavy (non-hydrogen) atoms. The van der Waals surface area contributed by atoms with Crippen molar-refractivity contribution in [2.75, 3.05) is 13.7 Å². The summed E-state index contributed by atoms with van der Waals surface area (Å²) in [5.74, 6) is -1.15. The first-order valence-corrected chi connectivity index (χ1v) is 10.2. The number of benzene rings is 1. The van der Waals surface area contributed by atoms with Crippen LogP contribution in [0.4, 0.5) is 0 Å². The number of ether oxygens (including phenoxy) is 3. The average molecular weight is 440 g/mol. The maximum absolute atomic E-state index is 12.1. The van der Waals surface area contributed by atoms with Crippen LogP contribution in [0.15, 0.2) is 18.2 Å². The number of hydrogen-bond donors (Lipinski definition) is 5. The summed E-state index contributed by atoms with van der Waals surface area (Å²) in [5, 5.41) is 35.0. The smallest absolute Gasteiger partial charge is 0.335 e. The third-order valence-electron chi connectivity index (χ3n) is 4.76. The fourth-order valence-electron chi connectivity index (χ4n) is 3.16. The summed E-state index contributed by atoms with van der Waals surface area (Å²) >= 11 is 0. The van der Waals surface area contributed by atoms with E-state index in [1.165, 1.54) is 0 Å². The Bertz CT molecular complexity index is 742. The highest BCUT2D eigenvalue weighted by molar-refractivity contribution is 5.76. The molecule has 1 aromatic carbocycles. The number of amides is 1. The third-order valence-corrected chi connectivity index (χ3v) is 4.76. The number of methoxy groups -OCH3 is 1. The zero-order valence-corrected chi connectivity index (χ0v) is 18.0. The molecule has 4 atom stereocenters. The van der Waals surface area contributed by atoms with Gasteiger partial charge in [-0.2, -0.15) is 0 Å². The van der Waals surface area contributed by atoms with E-state index in [1.807, 2.05) is 19.9 Å². The molecule has 10 nitrogen and oxygen atoms in total. The Morgan fingerprint density at radius 3 is 2.68 bits per heavy atom. The maximum Gasteiger partial charge on any atom is 0.335 e. The van der Waals surface area contributed by atoms with Crippen LogP contribution in [0.3, 0.4) is 0 Å². The van der Waals surface area contributed by atoms with E-state index in [-0.39, 0.29) is 24.9 Å². The van der Waals surface area contributed by atoms with Gasteiger partial charge < -0.3 is 40.2 Å². The van der Waals surface area contributed by atoms with Gasteiger partial charge in [-0.05, 0) is 17.7 Å². The van der Waals surface area contributed by atoms with E-state index in [1.54, 1.807) is 19.2 Å². The van der Waals surface area contributed by atoms with Crippen molar-refractivity contribution >= 4 is 11.9 Å². The molecule has 1 aromatic rings. The van der Waals surface area contributed by atoms with Crippen molar-refractivity contribution in [1.29, 1.82) is 0 Å². The Morgan fingerprint density at radius 2 is 2.03 bits per heavy atom. The number of aliphatic hydroxyl groups excluding tert-OH is 2. The van der Waals surface area contributed by atoms with Crippen molar-refractivity contribution in [3.63, 3.8) is 0 Å². The van der Waals surface area contributed by atoms with E-state index in [9.17, 15) is 24.9 Å². The van der Waals surface area contributed by atoms with Gasteiger partial charge in [-0.3, -0.25) is 4.79 Å². The number of hydrogen-bond acceptors (Lipinski definition) is 8. The van der Waals surface area contributed by atoms with Gasteiger partial charge in [-0.15, -0.1) is 0 Å². The quantitative estimate of drug-likeness (QED) is 0.324. The summed E-state index contributed by atoms with van der Waals surface area (Å²) in [6.45, 7) is 5.12. The SMILES string of the molecule is COCc1ccc(OC2CC(O)C(O)C(C(=O)O)O2)c(CNC(=O)CCNC(C)C)c1. The van der Waals surface area contributed by atoms with E-state index >= 15 is 0 Å². The molecule has 1 fully saturated rings. The van der Waals surface area contributed by atoms with Gasteiger partial charge in [0.2, 0.25) is 12.2 Å². The number of rotatable bonds is 11. The zero-order chi connectivity index (χ0) is 23.0. The fraction of sp³-hybridized carbons (Fsp3) is 0.619. The zero-order valence-electron chi connectivity index (χ0n) is 18.0. The number of carbonyl (C=O) groups is 2. The van der Waals surface area contributed by atoms with Crippen LogP contribution < -0.4 is 15.4 Å². The lowest BCUT2D eigenvalue weighted by Crippen LogP contribution is -2.53. The van der Waals surface area contributed by atoms with E-state index in [0.717, 1.165) is 5.56 Å². The first kappa shape index (κ1) is 25.0. The van der Waals surface area contributed by atoms with E-state index in [4.69, 9.17) is 14.2 Å². The molecule has 1 saturated heterocycles. The van der Waals surface area contributed by atoms with Crippen LogP contribution >= 0.6 is 0 Å². The molecule has 0 radical (unpaired) electrons. The second-order valence-corrected chi connectivity index (χ2v) is 7.75. The largest absolute Gasteiger partial charge is 0.479 e. The normalized spacial score (nSPS) is 23.5. The predicted octanol–water partition coefficient (Wildman–Crippen LogP) is 0.138. The van der Waals surface area contributed by atoms with Gasteiger partial charge in [0.15, 0.2) is 6.10 Å². The Morgan fingerprint density at radius 1 is 1.29 bits per heavy atom. The fourth-order valence-corrected chi connectivity index (χ4v) is 3.16. The lowest BCUT2D eigenvalue weighted by molar-refractivity contribution is -0.228. The molecule has 1 aliphatic rings. The number of carboxylic acids is 1. The number of nitrogens with one attached hydrogen (secondary N) is 2. The van der Waals surface area contributed by atoms with Gasteiger partial charge in [-0.25, -0.2) is 4.79 Å². The summed E-state index contributed by atoms with van der Waals surface area (Å²) in [6, 6.07) is 5.55. The molecule has 0 bridgehead atoms. The van der Waals surface area contributed by atoms with Gasteiger partial charge in [0.25, 0.3) is 0 Å². The lowest BCUT2D eigenvalue weighted by Gasteiger charge is -2.35. The molecule has 174 valence electrons. The van der Waals surface area contributed by atoms with Gasteiger partial charge in [0, 0.05) is 44.6 Å². The number of aliphatic carboxylic acids is 1. The van der Waals surface area contributed by atoms with Crippen molar-refractivity contribution in [2.24, 2.45) is 0 Å². The maximum atomic E-state index is 12.1. The van der Waals surface area contributed by atoms with Crippen LogP contribution in [-0.4, -0.2) is 71.5 Å². The molecule has 0 saturated carbocycles. The van der Waals surface area contributed by atoms with Gasteiger partial charge in [0.05, 0.1) is 12.7 Å². The van der Waals surface area contributed by atoms with Crippen LogP contribution in [0.5, 0.6) is 5.75 Å². The molecule has 4 unspecified atom stereocenters. The average Bonchev–Trinajstić information content (AvgIpc) is 2.70. The molecule has 0 aromatic heterocycles. The molecule has 2 rings (SSSR count). The number of aliphatic hydroxyl groups is 2. The highest BCUT2D eigenvalue weighted by Gasteiger charge is 2.42. The standard InChI is InChI=1S/C21H32N2O8/c1-12(2)22-7-6-17(25)23-10-14-8-13(11-29-3)4-5-16(14)30-18-9-15(24)19(26)20(31-18)21(27)28/h4-5,8,12,15,18-20,22,24,26H,6-7,9-11H2,1-3H3,(H,23,25)(H,27,28). The Hall–Kier alpha value is -2.24. The van der Waals surface area contributed by atoms with E-state index in [0.29, 0.717) is 30.9 Å². The molecule has 1 amide bonds. The minimum Gasteiger partial charge on any atom is -0.479 e. The highest BCUT2D eigenvalue weighted by atomic mass is 16.7. The molecule has 0 spiro atoms. The van der Waals surface area contributed by atoms with Gasteiger partial charge in [0.1, 0.15) is 11.9 Å². The van der Waals surface area contributed by atoms with Gasteiger partial charge >= 0.3 is 5.97 Å². The molecule has 10 heteroatoms. The number of carboxylic acid groups (broad SMARTS) is 1. The van der Waals surface area contributed by atoms with Crippen LogP contribution in [0.25, 0.3) is 0 Å². The molecule has 1 heterocycles. The molecular formula is C21H32N2O8. The van der Waals surface area contributed by atoms with Crippen LogP contribution in [0.1, 0.15) is 37.8 Å². The minimum absolute atomic E-state index is 0.0998. The minimum atomic E-state index is -1.60. The summed E-state index contributed by atoms with van der Waals surface area (Å²) in [6.07, 6.45) is -5.29. The molecular weight excluding hydrogens is 408 g/mol. The Kier molecular flexibility index (Phi) is 9.66. The third kappa shape index (κ3) is 7.75. The van der Waals surface area contributed by atoms with Crippen molar-refractivity contribution in [3.8, 4) is 5.75 Å². The summed E-state index contributed by atoms with van der Waals surface area (Å²) < 4.78 is 16.3. The molecule has 1 aliphatic heterocycles. The first-order chi connectivity index (χ1) is 14.7. The van der Waals surface area contributed by atoms with Crippen LogP contribution in [-0.2, 0) is 32.2 Å². The monoisotopic (exact) mass is 440 g/mol. The second-order valence-electron chi connectivity index (χ2n) is 7.75. The lowest BCUT2D eigenvalue weighted by atomic mass is 10.0. The summed E-state index contributed by atoms with van der Waals surface area (Å²) in [7, 11) is 1.57. The Balaban J connectivity index is 2.08. The summed E-state index contributed by atoms with van der Waals surface area (Å²) in [4.78, 5) is 23.4. The highest BCUT2D eigenvalue weighted by Crippen LogP contribution is 2.27. The van der Waals surface area contributed by atoms with Crippen molar-refractivity contribution in [1.82, 2.24) is 10.6 Å². The summed E-state index contributed by atoms with van der Waals surface area (Å²) in [5.41, 5.74) is 1.51. The predicted molar refractivity (Wildman–Crippen MR) is 110 cm³/mol. The van der Waals surface area contributed by atoms with Crippen molar-refractivity contribution < 1.29 is 39.1 Å². The topological polar surface area (TPSA) is 147 Å². The molecule has 0 aliphatic carbocycles.